The summed E-state index contributed by atoms with van der Waals surface area (Å²) in [4.78, 5) is 55.1. The number of H-pyrrole nitrogens is 1. The lowest BCUT2D eigenvalue weighted by atomic mass is 10.1. The summed E-state index contributed by atoms with van der Waals surface area (Å²) in [5.74, 6) is -0.535. The molecule has 3 atom stereocenters. The zero-order valence-corrected chi connectivity index (χ0v) is 16.1. The number of piperazine rings is 1. The fourth-order valence-corrected chi connectivity index (χ4v) is 4.07. The van der Waals surface area contributed by atoms with Gasteiger partial charge in [0.1, 0.15) is 5.56 Å². The van der Waals surface area contributed by atoms with E-state index in [1.807, 2.05) is 35.2 Å². The van der Waals surface area contributed by atoms with E-state index in [1.165, 1.54) is 13.2 Å². The molecule has 2 bridgehead atoms. The molecule has 2 N–H and O–H groups in total. The number of carbonyl (C=O) groups is 2. The highest BCUT2D eigenvalue weighted by Gasteiger charge is 2.40. The van der Waals surface area contributed by atoms with Gasteiger partial charge in [-0.05, 0) is 18.6 Å². The van der Waals surface area contributed by atoms with Crippen LogP contribution in [0.4, 0.5) is 0 Å². The lowest BCUT2D eigenvalue weighted by molar-refractivity contribution is 0.0493. The predicted molar refractivity (Wildman–Crippen MR) is 106 cm³/mol. The Bertz CT molecular complexity index is 1040. The van der Waals surface area contributed by atoms with Crippen molar-refractivity contribution in [2.24, 2.45) is 7.05 Å². The van der Waals surface area contributed by atoms with Crippen molar-refractivity contribution in [2.45, 2.75) is 18.5 Å². The van der Waals surface area contributed by atoms with E-state index in [2.05, 4.69) is 15.2 Å². The van der Waals surface area contributed by atoms with Gasteiger partial charge < -0.3 is 14.8 Å². The van der Waals surface area contributed by atoms with E-state index in [4.69, 9.17) is 0 Å². The minimum Gasteiger partial charge on any atom is -0.350 e. The number of amides is 2. The molecule has 2 aliphatic heterocycles. The van der Waals surface area contributed by atoms with Gasteiger partial charge in [0.15, 0.2) is 0 Å². The Labute approximate surface area is 166 Å². The van der Waals surface area contributed by atoms with Crippen LogP contribution in [0.3, 0.4) is 0 Å². The maximum absolute atomic E-state index is 12.9. The molecule has 1 aromatic carbocycles. The molecule has 2 fully saturated rings. The summed E-state index contributed by atoms with van der Waals surface area (Å²) in [5, 5.41) is 2.78. The van der Waals surface area contributed by atoms with Crippen LogP contribution >= 0.6 is 0 Å². The summed E-state index contributed by atoms with van der Waals surface area (Å²) < 4.78 is 1.16. The third kappa shape index (κ3) is 3.73. The van der Waals surface area contributed by atoms with E-state index in [9.17, 15) is 19.2 Å². The molecule has 2 aromatic rings. The molecule has 1 aromatic heterocycles. The third-order valence-corrected chi connectivity index (χ3v) is 5.69. The van der Waals surface area contributed by atoms with E-state index in [0.29, 0.717) is 18.7 Å². The van der Waals surface area contributed by atoms with Gasteiger partial charge in [-0.15, -0.1) is 0 Å². The average Bonchev–Trinajstić information content (AvgIpc) is 3.14. The third-order valence-electron chi connectivity index (χ3n) is 5.69. The fraction of sp³-hybridized carbons (Fsp3) is 0.400. The number of hydrogen-bond donors (Lipinski definition) is 2. The first-order chi connectivity index (χ1) is 13.9. The van der Waals surface area contributed by atoms with E-state index >= 15 is 0 Å². The number of aromatic amines is 1. The zero-order chi connectivity index (χ0) is 20.5. The number of carbonyl (C=O) groups excluding carboxylic acids is 2. The average molecular weight is 397 g/mol. The maximum Gasteiger partial charge on any atom is 0.328 e. The summed E-state index contributed by atoms with van der Waals surface area (Å²) >= 11 is 0. The number of fused-ring (bicyclic) bond motifs is 2. The van der Waals surface area contributed by atoms with E-state index < -0.39 is 17.2 Å². The Morgan fingerprint density at radius 3 is 2.69 bits per heavy atom. The Balaban J connectivity index is 1.46. The maximum atomic E-state index is 12.9. The van der Waals surface area contributed by atoms with Crippen LogP contribution < -0.4 is 16.6 Å². The molecule has 0 spiro atoms. The molecule has 3 unspecified atom stereocenters. The minimum absolute atomic E-state index is 0.00276. The van der Waals surface area contributed by atoms with Gasteiger partial charge in [0, 0.05) is 57.1 Å². The largest absolute Gasteiger partial charge is 0.350 e. The van der Waals surface area contributed by atoms with Gasteiger partial charge in [0.2, 0.25) is 0 Å². The van der Waals surface area contributed by atoms with Crippen molar-refractivity contribution in [3.8, 4) is 0 Å². The first kappa shape index (κ1) is 19.1. The van der Waals surface area contributed by atoms with Crippen molar-refractivity contribution in [1.82, 2.24) is 24.7 Å². The Hall–Kier alpha value is -3.20. The molecular formula is C20H23N5O4. The van der Waals surface area contributed by atoms with Crippen molar-refractivity contribution in [3.63, 3.8) is 0 Å². The lowest BCUT2D eigenvalue weighted by Gasteiger charge is -2.40. The summed E-state index contributed by atoms with van der Waals surface area (Å²) in [6.45, 7) is 2.47. The number of aromatic nitrogens is 2. The second-order valence-electron chi connectivity index (χ2n) is 7.54. The van der Waals surface area contributed by atoms with Crippen LogP contribution in [0.25, 0.3) is 0 Å². The van der Waals surface area contributed by atoms with Crippen molar-refractivity contribution >= 4 is 11.8 Å². The van der Waals surface area contributed by atoms with Crippen molar-refractivity contribution in [2.75, 3.05) is 26.2 Å². The summed E-state index contributed by atoms with van der Waals surface area (Å²) in [6, 6.07) is 9.35. The van der Waals surface area contributed by atoms with Gasteiger partial charge in [-0.25, -0.2) is 4.79 Å². The molecule has 29 heavy (non-hydrogen) atoms. The molecule has 2 saturated heterocycles. The van der Waals surface area contributed by atoms with Crippen LogP contribution in [0.1, 0.15) is 27.1 Å². The normalized spacial score (nSPS) is 23.1. The topological polar surface area (TPSA) is 108 Å². The summed E-state index contributed by atoms with van der Waals surface area (Å²) in [7, 11) is 1.47. The molecule has 152 valence electrons. The van der Waals surface area contributed by atoms with Gasteiger partial charge in [-0.3, -0.25) is 24.3 Å². The second kappa shape index (κ2) is 7.67. The van der Waals surface area contributed by atoms with Crippen LogP contribution in [0.2, 0.25) is 0 Å². The fourth-order valence-electron chi connectivity index (χ4n) is 4.07. The Kier molecular flexibility index (Phi) is 5.06. The highest BCUT2D eigenvalue weighted by molar-refractivity contribution is 5.95. The first-order valence-corrected chi connectivity index (χ1v) is 9.62. The molecule has 2 amide bonds. The van der Waals surface area contributed by atoms with Crippen LogP contribution in [0.5, 0.6) is 0 Å². The molecule has 0 saturated carbocycles. The van der Waals surface area contributed by atoms with Gasteiger partial charge in [-0.2, -0.15) is 0 Å². The predicted octanol–water partition coefficient (Wildman–Crippen LogP) is -0.598. The highest BCUT2D eigenvalue weighted by Crippen LogP contribution is 2.26. The second-order valence-corrected chi connectivity index (χ2v) is 7.54. The molecule has 0 radical (unpaired) electrons. The first-order valence-electron chi connectivity index (χ1n) is 9.62. The Morgan fingerprint density at radius 2 is 1.93 bits per heavy atom. The van der Waals surface area contributed by atoms with Gasteiger partial charge in [0.05, 0.1) is 0 Å². The molecule has 4 rings (SSSR count). The van der Waals surface area contributed by atoms with Gasteiger partial charge >= 0.3 is 5.69 Å². The molecular weight excluding hydrogens is 374 g/mol. The van der Waals surface area contributed by atoms with Gasteiger partial charge in [-0.1, -0.05) is 18.2 Å². The van der Waals surface area contributed by atoms with Gasteiger partial charge in [0.25, 0.3) is 17.4 Å². The SMILES string of the molecule is Cn1cc(C(=O)NCC2CN(C(=O)c3ccccc3)C3CCN2C3)c(=O)[nH]c1=O. The Morgan fingerprint density at radius 1 is 1.17 bits per heavy atom. The quantitative estimate of drug-likeness (QED) is 0.717. The van der Waals surface area contributed by atoms with Crippen LogP contribution in [0.15, 0.2) is 46.1 Å². The summed E-state index contributed by atoms with van der Waals surface area (Å²) in [5.41, 5.74) is -0.736. The number of rotatable bonds is 4. The van der Waals surface area contributed by atoms with Crippen molar-refractivity contribution in [3.05, 3.63) is 68.5 Å². The van der Waals surface area contributed by atoms with Crippen molar-refractivity contribution in [1.29, 1.82) is 0 Å². The number of nitrogens with one attached hydrogen (secondary N) is 2. The molecule has 0 aliphatic carbocycles. The number of nitrogens with zero attached hydrogens (tertiary/aromatic N) is 3. The number of benzene rings is 1. The number of hydrogen-bond acceptors (Lipinski definition) is 5. The van der Waals surface area contributed by atoms with Crippen LogP contribution in [0, 0.1) is 0 Å². The molecule has 9 heteroatoms. The molecule has 9 nitrogen and oxygen atoms in total. The highest BCUT2D eigenvalue weighted by atomic mass is 16.2. The van der Waals surface area contributed by atoms with E-state index in [0.717, 1.165) is 24.1 Å². The van der Waals surface area contributed by atoms with Crippen LogP contribution in [-0.2, 0) is 7.05 Å². The van der Waals surface area contributed by atoms with Crippen LogP contribution in [-0.4, -0.2) is 69.4 Å². The molecule has 3 heterocycles. The van der Waals surface area contributed by atoms with Crippen molar-refractivity contribution < 1.29 is 9.59 Å². The van der Waals surface area contributed by atoms with E-state index in [-0.39, 0.29) is 23.6 Å². The minimum atomic E-state index is -0.712. The smallest absolute Gasteiger partial charge is 0.328 e. The van der Waals surface area contributed by atoms with E-state index in [1.54, 1.807) is 0 Å². The summed E-state index contributed by atoms with van der Waals surface area (Å²) in [6.07, 6.45) is 2.14. The zero-order valence-electron chi connectivity index (χ0n) is 16.1. The monoisotopic (exact) mass is 397 g/mol. The number of aryl methyl sites for hydroxylation is 1. The standard InChI is InChI=1S/C20H23N5O4/c1-23-12-16(18(27)22-20(23)29)17(26)21-9-15-11-25(14-7-8-24(15)10-14)19(28)13-5-3-2-4-6-13/h2-6,12,14-15H,7-11H2,1H3,(H,21,26)(H,22,27,29). The lowest BCUT2D eigenvalue weighted by Crippen LogP contribution is -2.57. The molecule has 2 aliphatic rings.